The van der Waals surface area contributed by atoms with Gasteiger partial charge in [0.1, 0.15) is 0 Å². The first-order valence-electron chi connectivity index (χ1n) is 4.85. The van der Waals surface area contributed by atoms with Crippen LogP contribution in [-0.2, 0) is 6.18 Å². The summed E-state index contributed by atoms with van der Waals surface area (Å²) in [5.74, 6) is -1.47. The Labute approximate surface area is 101 Å². The van der Waals surface area contributed by atoms with E-state index in [1.807, 2.05) is 0 Å². The lowest BCUT2D eigenvalue weighted by Crippen LogP contribution is -2.09. The van der Waals surface area contributed by atoms with Gasteiger partial charge >= 0.3 is 12.1 Å². The first-order chi connectivity index (χ1) is 8.39. The molecule has 4 nitrogen and oxygen atoms in total. The summed E-state index contributed by atoms with van der Waals surface area (Å²) in [4.78, 5) is 10.9. The van der Waals surface area contributed by atoms with E-state index >= 15 is 0 Å². The Hall–Kier alpha value is -2.31. The van der Waals surface area contributed by atoms with Crippen LogP contribution in [0.3, 0.4) is 0 Å². The number of carbonyl (C=O) groups is 1. The van der Waals surface area contributed by atoms with Crippen molar-refractivity contribution >= 4 is 5.97 Å². The van der Waals surface area contributed by atoms with Crippen LogP contribution in [0.1, 0.15) is 17.6 Å². The summed E-state index contributed by atoms with van der Waals surface area (Å²) in [5.41, 5.74) is -1.51. The lowest BCUT2D eigenvalue weighted by Gasteiger charge is -2.03. The summed E-state index contributed by atoms with van der Waals surface area (Å²) in [6.07, 6.45) is -4.68. The Balaban J connectivity index is 0.00000180. The number of nitrogens with zero attached hydrogens (tertiary/aromatic N) is 2. The Morgan fingerprint density at radius 2 is 1.89 bits per heavy atom. The summed E-state index contributed by atoms with van der Waals surface area (Å²) in [7, 11) is 0. The first kappa shape index (κ1) is 12.2. The molecule has 0 unspecified atom stereocenters. The van der Waals surface area contributed by atoms with Crippen LogP contribution < -0.4 is 0 Å². The average Bonchev–Trinajstić information content (AvgIpc) is 2.74. The molecule has 2 aromatic rings. The molecule has 1 N–H and O–H groups in total. The molecule has 0 spiro atoms. The van der Waals surface area contributed by atoms with Gasteiger partial charge in [-0.25, -0.2) is 9.48 Å². The molecule has 1 aromatic heterocycles. The van der Waals surface area contributed by atoms with Gasteiger partial charge in [0.15, 0.2) is 11.4 Å². The minimum absolute atomic E-state index is 0. The van der Waals surface area contributed by atoms with Crippen LogP contribution >= 0.6 is 0 Å². The number of halogens is 3. The summed E-state index contributed by atoms with van der Waals surface area (Å²) in [6, 6.07) is 8.28. The number of hydrogen-bond acceptors (Lipinski definition) is 2. The van der Waals surface area contributed by atoms with Crippen molar-refractivity contribution in [2.45, 2.75) is 6.18 Å². The van der Waals surface area contributed by atoms with Crippen LogP contribution in [0.5, 0.6) is 0 Å². The Morgan fingerprint density at radius 1 is 1.28 bits per heavy atom. The molecule has 1 heterocycles. The molecule has 18 heavy (non-hydrogen) atoms. The minimum Gasteiger partial charge on any atom is -0.477 e. The standard InChI is InChI=1S/C11H7F3N2O2.H2/c12-11(13,14)9-6-8(10(17)18)16(15-9)7-4-2-1-3-5-7;/h1-6H,(H,17,18);1H/i;1+1. The zero-order chi connectivity index (χ0) is 13.3. The van der Waals surface area contributed by atoms with Gasteiger partial charge in [0.05, 0.1) is 5.69 Å². The molecule has 0 amide bonds. The maximum absolute atomic E-state index is 12.5. The Morgan fingerprint density at radius 3 is 2.39 bits per heavy atom. The molecular weight excluding hydrogens is 249 g/mol. The number of rotatable bonds is 2. The zero-order valence-corrected chi connectivity index (χ0v) is 8.85. The number of aromatic carboxylic acids is 1. The van der Waals surface area contributed by atoms with E-state index in [-0.39, 0.29) is 7.11 Å². The summed E-state index contributed by atoms with van der Waals surface area (Å²) in [5, 5.41) is 12.2. The fourth-order valence-electron chi connectivity index (χ4n) is 1.44. The van der Waals surface area contributed by atoms with Gasteiger partial charge in [-0.05, 0) is 12.1 Å². The lowest BCUT2D eigenvalue weighted by atomic mass is 10.3. The molecule has 0 atom stereocenters. The van der Waals surface area contributed by atoms with Crippen LogP contribution in [0, 0.1) is 0 Å². The van der Waals surface area contributed by atoms with Crippen molar-refractivity contribution in [3.63, 3.8) is 0 Å². The number of carboxylic acid groups (broad SMARTS) is 1. The van der Waals surface area contributed by atoms with E-state index in [0.29, 0.717) is 6.07 Å². The van der Waals surface area contributed by atoms with Gasteiger partial charge in [-0.1, -0.05) is 18.2 Å². The lowest BCUT2D eigenvalue weighted by molar-refractivity contribution is -0.141. The first-order valence-corrected chi connectivity index (χ1v) is 4.85. The van der Waals surface area contributed by atoms with Crippen molar-refractivity contribution in [2.24, 2.45) is 0 Å². The quantitative estimate of drug-likeness (QED) is 0.902. The highest BCUT2D eigenvalue weighted by Crippen LogP contribution is 2.29. The maximum Gasteiger partial charge on any atom is 0.435 e. The van der Waals surface area contributed by atoms with Gasteiger partial charge in [-0.2, -0.15) is 18.3 Å². The second-order valence-corrected chi connectivity index (χ2v) is 3.47. The molecule has 0 aliphatic carbocycles. The maximum atomic E-state index is 12.5. The number of hydrogen-bond donors (Lipinski definition) is 1. The largest absolute Gasteiger partial charge is 0.477 e. The van der Waals surface area contributed by atoms with Crippen LogP contribution in [0.15, 0.2) is 36.4 Å². The molecule has 1 aromatic carbocycles. The summed E-state index contributed by atoms with van der Waals surface area (Å²) >= 11 is 0. The van der Waals surface area contributed by atoms with E-state index in [2.05, 4.69) is 5.10 Å². The topological polar surface area (TPSA) is 55.1 Å². The highest BCUT2D eigenvalue weighted by Gasteiger charge is 2.36. The molecule has 0 saturated carbocycles. The third-order valence-corrected chi connectivity index (χ3v) is 2.22. The SMILES string of the molecule is O=C(O)c1cc(C(F)(F)F)nn1-c1ccccc1.[2HH]. The number of carboxylic acids is 1. The molecular formula is C11H9F3N2O2. The van der Waals surface area contributed by atoms with E-state index < -0.39 is 23.5 Å². The van der Waals surface area contributed by atoms with Crippen molar-refractivity contribution in [2.75, 3.05) is 0 Å². The Bertz CT molecular complexity index is 581. The van der Waals surface area contributed by atoms with Gasteiger partial charge in [-0.3, -0.25) is 0 Å². The van der Waals surface area contributed by atoms with Crippen LogP contribution in [-0.4, -0.2) is 20.9 Å². The molecule has 2 rings (SSSR count). The second kappa shape index (κ2) is 4.17. The third-order valence-electron chi connectivity index (χ3n) is 2.22. The van der Waals surface area contributed by atoms with Gasteiger partial charge < -0.3 is 5.11 Å². The molecule has 0 aliphatic rings. The average molecular weight is 259 g/mol. The van der Waals surface area contributed by atoms with Crippen LogP contribution in [0.2, 0.25) is 0 Å². The fraction of sp³-hybridized carbons (Fsp3) is 0.0909. The van der Waals surface area contributed by atoms with Crippen molar-refractivity contribution in [1.82, 2.24) is 9.78 Å². The van der Waals surface area contributed by atoms with E-state index in [9.17, 15) is 18.0 Å². The van der Waals surface area contributed by atoms with Gasteiger partial charge in [-0.15, -0.1) is 0 Å². The van der Waals surface area contributed by atoms with E-state index in [0.717, 1.165) is 4.68 Å². The molecule has 7 heteroatoms. The summed E-state index contributed by atoms with van der Waals surface area (Å²) in [6.45, 7) is 0. The van der Waals surface area contributed by atoms with Crippen molar-refractivity contribution in [3.8, 4) is 5.69 Å². The minimum atomic E-state index is -4.68. The normalized spacial score (nSPS) is 11.5. The highest BCUT2D eigenvalue weighted by atomic mass is 19.4. The van der Waals surface area contributed by atoms with Crippen molar-refractivity contribution in [3.05, 3.63) is 47.8 Å². The van der Waals surface area contributed by atoms with Crippen molar-refractivity contribution in [1.29, 1.82) is 0 Å². The second-order valence-electron chi connectivity index (χ2n) is 3.47. The monoisotopic (exact) mass is 259 g/mol. The third kappa shape index (κ3) is 2.20. The predicted molar refractivity (Wildman–Crippen MR) is 57.6 cm³/mol. The van der Waals surface area contributed by atoms with Gasteiger partial charge in [0, 0.05) is 7.49 Å². The fourth-order valence-corrected chi connectivity index (χ4v) is 1.44. The molecule has 0 aliphatic heterocycles. The molecule has 0 fully saturated rings. The molecule has 0 saturated heterocycles. The molecule has 0 radical (unpaired) electrons. The van der Waals surface area contributed by atoms with Crippen LogP contribution in [0.25, 0.3) is 5.69 Å². The number of benzene rings is 1. The van der Waals surface area contributed by atoms with Crippen molar-refractivity contribution < 1.29 is 24.5 Å². The summed E-state index contributed by atoms with van der Waals surface area (Å²) < 4.78 is 38.2. The van der Waals surface area contributed by atoms with E-state index in [4.69, 9.17) is 5.11 Å². The number of alkyl halides is 3. The number of para-hydroxylation sites is 1. The predicted octanol–water partition coefficient (Wildman–Crippen LogP) is 2.84. The highest BCUT2D eigenvalue weighted by molar-refractivity contribution is 5.86. The zero-order valence-electron chi connectivity index (χ0n) is 8.85. The van der Waals surface area contributed by atoms with Crippen LogP contribution in [0.4, 0.5) is 13.2 Å². The molecule has 0 bridgehead atoms. The van der Waals surface area contributed by atoms with Gasteiger partial charge in [0.25, 0.3) is 0 Å². The van der Waals surface area contributed by atoms with Gasteiger partial charge in [0.2, 0.25) is 0 Å². The number of aromatic nitrogens is 2. The Kier molecular flexibility index (Phi) is 2.82. The molecule has 96 valence electrons. The van der Waals surface area contributed by atoms with E-state index in [1.54, 1.807) is 18.2 Å². The van der Waals surface area contributed by atoms with E-state index in [1.165, 1.54) is 12.1 Å². The smallest absolute Gasteiger partial charge is 0.435 e.